The third kappa shape index (κ3) is 3.82. The fourth-order valence-electron chi connectivity index (χ4n) is 2.94. The van der Waals surface area contributed by atoms with Crippen LogP contribution in [0.4, 0.5) is 5.95 Å². The number of aromatic nitrogens is 2. The summed E-state index contributed by atoms with van der Waals surface area (Å²) < 4.78 is 0. The molecule has 6 heteroatoms. The van der Waals surface area contributed by atoms with Gasteiger partial charge >= 0.3 is 0 Å². The second-order valence-electron chi connectivity index (χ2n) is 5.81. The van der Waals surface area contributed by atoms with Gasteiger partial charge in [0.05, 0.1) is 0 Å². The monoisotopic (exact) mass is 301 g/mol. The van der Waals surface area contributed by atoms with E-state index in [0.29, 0.717) is 0 Å². The zero-order valence-electron chi connectivity index (χ0n) is 12.8. The molecular weight excluding hydrogens is 278 g/mol. The highest BCUT2D eigenvalue weighted by atomic mass is 16.1. The molecule has 0 spiro atoms. The molecule has 6 nitrogen and oxygen atoms in total. The molecule has 1 aromatic rings. The van der Waals surface area contributed by atoms with Crippen LogP contribution in [0.5, 0.6) is 0 Å². The Kier molecular flexibility index (Phi) is 5.00. The molecule has 0 aromatic carbocycles. The summed E-state index contributed by atoms with van der Waals surface area (Å²) in [5.41, 5.74) is 0. The summed E-state index contributed by atoms with van der Waals surface area (Å²) in [6, 6.07) is 1.84. The number of carbonyl (C=O) groups excluding carboxylic acids is 1. The number of nitrogens with one attached hydrogen (secondary N) is 1. The van der Waals surface area contributed by atoms with Crippen molar-refractivity contribution in [1.29, 1.82) is 0 Å². The molecule has 1 fully saturated rings. The molecule has 3 rings (SSSR count). The summed E-state index contributed by atoms with van der Waals surface area (Å²) >= 11 is 0. The van der Waals surface area contributed by atoms with Crippen molar-refractivity contribution in [3.63, 3.8) is 0 Å². The molecule has 1 aliphatic heterocycles. The van der Waals surface area contributed by atoms with Gasteiger partial charge in [-0.1, -0.05) is 12.2 Å². The highest BCUT2D eigenvalue weighted by Crippen LogP contribution is 2.17. The lowest BCUT2D eigenvalue weighted by molar-refractivity contribution is -0.124. The molecule has 0 unspecified atom stereocenters. The van der Waals surface area contributed by atoms with E-state index in [-0.39, 0.29) is 11.8 Å². The summed E-state index contributed by atoms with van der Waals surface area (Å²) in [5.74, 6) is 1.16. The summed E-state index contributed by atoms with van der Waals surface area (Å²) in [6.07, 6.45) is 9.53. The number of nitrogens with zero attached hydrogens (tertiary/aromatic N) is 4. The summed E-state index contributed by atoms with van der Waals surface area (Å²) in [5, 5.41) is 3.06. The zero-order chi connectivity index (χ0) is 15.2. The molecule has 1 N–H and O–H groups in total. The number of hydrogen-bond acceptors (Lipinski definition) is 5. The molecule has 1 amide bonds. The molecule has 1 aliphatic carbocycles. The van der Waals surface area contributed by atoms with E-state index in [1.165, 1.54) is 0 Å². The summed E-state index contributed by atoms with van der Waals surface area (Å²) in [4.78, 5) is 25.1. The van der Waals surface area contributed by atoms with E-state index >= 15 is 0 Å². The minimum atomic E-state index is 0.159. The number of amides is 1. The average molecular weight is 301 g/mol. The molecule has 0 radical (unpaired) electrons. The maximum absolute atomic E-state index is 11.9. The summed E-state index contributed by atoms with van der Waals surface area (Å²) in [6.45, 7) is 5.49. The lowest BCUT2D eigenvalue weighted by Crippen LogP contribution is -2.49. The van der Waals surface area contributed by atoms with Crippen LogP contribution in [-0.2, 0) is 4.79 Å². The third-order valence-electron chi connectivity index (χ3n) is 4.31. The van der Waals surface area contributed by atoms with Crippen LogP contribution in [0.3, 0.4) is 0 Å². The predicted octanol–water partition coefficient (Wildman–Crippen LogP) is 0.681. The number of carbonyl (C=O) groups is 1. The normalized spacial score (nSPS) is 19.5. The van der Waals surface area contributed by atoms with E-state index in [1.807, 2.05) is 6.07 Å². The first-order chi connectivity index (χ1) is 10.8. The SMILES string of the molecule is O=C(NCCN1CCN(c2ncccn2)CC1)C1CC=CC1. The Bertz CT molecular complexity index is 503. The van der Waals surface area contributed by atoms with Crippen molar-refractivity contribution in [1.82, 2.24) is 20.2 Å². The molecule has 1 saturated heterocycles. The van der Waals surface area contributed by atoms with Crippen LogP contribution in [0, 0.1) is 5.92 Å². The minimum absolute atomic E-state index is 0.159. The van der Waals surface area contributed by atoms with Gasteiger partial charge in [-0.05, 0) is 18.9 Å². The first kappa shape index (κ1) is 15.0. The quantitative estimate of drug-likeness (QED) is 0.811. The van der Waals surface area contributed by atoms with Crippen molar-refractivity contribution in [2.75, 3.05) is 44.2 Å². The lowest BCUT2D eigenvalue weighted by atomic mass is 10.1. The molecule has 118 valence electrons. The molecular formula is C16H23N5O. The minimum Gasteiger partial charge on any atom is -0.355 e. The Labute approximate surface area is 131 Å². The Balaban J connectivity index is 1.35. The van der Waals surface area contributed by atoms with Crippen molar-refractivity contribution < 1.29 is 4.79 Å². The van der Waals surface area contributed by atoms with Crippen molar-refractivity contribution in [2.24, 2.45) is 5.92 Å². The fraction of sp³-hybridized carbons (Fsp3) is 0.562. The Morgan fingerprint density at radius 3 is 2.50 bits per heavy atom. The van der Waals surface area contributed by atoms with E-state index in [9.17, 15) is 4.79 Å². The Morgan fingerprint density at radius 1 is 1.14 bits per heavy atom. The predicted molar refractivity (Wildman–Crippen MR) is 85.6 cm³/mol. The van der Waals surface area contributed by atoms with Crippen LogP contribution >= 0.6 is 0 Å². The van der Waals surface area contributed by atoms with E-state index < -0.39 is 0 Å². The van der Waals surface area contributed by atoms with Crippen molar-refractivity contribution in [3.05, 3.63) is 30.6 Å². The van der Waals surface area contributed by atoms with E-state index in [1.54, 1.807) is 12.4 Å². The van der Waals surface area contributed by atoms with E-state index in [4.69, 9.17) is 0 Å². The van der Waals surface area contributed by atoms with Gasteiger partial charge in [-0.25, -0.2) is 9.97 Å². The van der Waals surface area contributed by atoms with Gasteiger partial charge in [0.15, 0.2) is 0 Å². The van der Waals surface area contributed by atoms with E-state index in [0.717, 1.165) is 58.1 Å². The van der Waals surface area contributed by atoms with Crippen molar-refractivity contribution in [3.8, 4) is 0 Å². The first-order valence-corrected chi connectivity index (χ1v) is 8.00. The van der Waals surface area contributed by atoms with Crippen LogP contribution < -0.4 is 10.2 Å². The second kappa shape index (κ2) is 7.35. The number of anilines is 1. The first-order valence-electron chi connectivity index (χ1n) is 8.00. The van der Waals surface area contributed by atoms with Gasteiger partial charge in [0.1, 0.15) is 0 Å². The molecule has 2 aliphatic rings. The van der Waals surface area contributed by atoms with Crippen LogP contribution in [0.2, 0.25) is 0 Å². The van der Waals surface area contributed by atoms with Crippen LogP contribution in [0.15, 0.2) is 30.6 Å². The number of hydrogen-bond donors (Lipinski definition) is 1. The standard InChI is InChI=1S/C16H23N5O/c22-15(14-4-1-2-5-14)17-8-9-20-10-12-21(13-11-20)16-18-6-3-7-19-16/h1-3,6-7,14H,4-5,8-13H2,(H,17,22). The maximum atomic E-state index is 11.9. The second-order valence-corrected chi connectivity index (χ2v) is 5.81. The van der Waals surface area contributed by atoms with Crippen molar-refractivity contribution in [2.45, 2.75) is 12.8 Å². The van der Waals surface area contributed by atoms with Gasteiger partial charge in [-0.3, -0.25) is 9.69 Å². The summed E-state index contributed by atoms with van der Waals surface area (Å²) in [7, 11) is 0. The fourth-order valence-corrected chi connectivity index (χ4v) is 2.94. The zero-order valence-corrected chi connectivity index (χ0v) is 12.8. The average Bonchev–Trinajstić information content (AvgIpc) is 3.11. The lowest BCUT2D eigenvalue weighted by Gasteiger charge is -2.34. The Hall–Kier alpha value is -1.95. The molecule has 2 heterocycles. The Morgan fingerprint density at radius 2 is 1.82 bits per heavy atom. The highest BCUT2D eigenvalue weighted by molar-refractivity contribution is 5.79. The third-order valence-corrected chi connectivity index (χ3v) is 4.31. The smallest absolute Gasteiger partial charge is 0.225 e. The van der Waals surface area contributed by atoms with Gasteiger partial charge in [0.2, 0.25) is 11.9 Å². The van der Waals surface area contributed by atoms with Gasteiger partial charge in [-0.15, -0.1) is 0 Å². The van der Waals surface area contributed by atoms with Crippen LogP contribution in [0.1, 0.15) is 12.8 Å². The number of piperazine rings is 1. The van der Waals surface area contributed by atoms with Gasteiger partial charge in [0, 0.05) is 57.6 Å². The molecule has 0 saturated carbocycles. The molecule has 1 aromatic heterocycles. The molecule has 0 bridgehead atoms. The van der Waals surface area contributed by atoms with Crippen LogP contribution in [-0.4, -0.2) is 60.0 Å². The van der Waals surface area contributed by atoms with E-state index in [2.05, 4.69) is 37.2 Å². The number of rotatable bonds is 5. The molecule has 0 atom stereocenters. The molecule has 22 heavy (non-hydrogen) atoms. The largest absolute Gasteiger partial charge is 0.355 e. The topological polar surface area (TPSA) is 61.4 Å². The van der Waals surface area contributed by atoms with Gasteiger partial charge < -0.3 is 10.2 Å². The van der Waals surface area contributed by atoms with Crippen molar-refractivity contribution >= 4 is 11.9 Å². The maximum Gasteiger partial charge on any atom is 0.225 e. The van der Waals surface area contributed by atoms with Gasteiger partial charge in [0.25, 0.3) is 0 Å². The van der Waals surface area contributed by atoms with Crippen LogP contribution in [0.25, 0.3) is 0 Å². The highest BCUT2D eigenvalue weighted by Gasteiger charge is 2.20. The van der Waals surface area contributed by atoms with Gasteiger partial charge in [-0.2, -0.15) is 0 Å². The number of allylic oxidation sites excluding steroid dienone is 2.